The van der Waals surface area contributed by atoms with Gasteiger partial charge >= 0.3 is 0 Å². The summed E-state index contributed by atoms with van der Waals surface area (Å²) in [4.78, 5) is 3.50. The van der Waals surface area contributed by atoms with Crippen molar-refractivity contribution in [3.05, 3.63) is 38.3 Å². The molecule has 0 fully saturated rings. The SMILES string of the molecule is CN(Cc1cc(CN)no1)Cc1cc(Br)cs1. The minimum absolute atomic E-state index is 0.422. The zero-order chi connectivity index (χ0) is 12.3. The first-order chi connectivity index (χ1) is 8.17. The molecule has 2 rings (SSSR count). The van der Waals surface area contributed by atoms with Crippen LogP contribution in [0.2, 0.25) is 0 Å². The predicted molar refractivity (Wildman–Crippen MR) is 71.6 cm³/mol. The molecule has 2 heterocycles. The van der Waals surface area contributed by atoms with Crippen LogP contribution in [0, 0.1) is 0 Å². The number of halogens is 1. The van der Waals surface area contributed by atoms with Crippen molar-refractivity contribution in [2.24, 2.45) is 5.73 Å². The maximum Gasteiger partial charge on any atom is 0.151 e. The van der Waals surface area contributed by atoms with Crippen LogP contribution in [0.4, 0.5) is 0 Å². The van der Waals surface area contributed by atoms with Gasteiger partial charge in [-0.25, -0.2) is 0 Å². The Labute approximate surface area is 113 Å². The monoisotopic (exact) mass is 315 g/mol. The molecule has 0 aliphatic carbocycles. The van der Waals surface area contributed by atoms with Crippen molar-refractivity contribution >= 4 is 27.3 Å². The van der Waals surface area contributed by atoms with Crippen LogP contribution in [-0.2, 0) is 19.6 Å². The number of thiophene rings is 1. The van der Waals surface area contributed by atoms with Gasteiger partial charge in [-0.1, -0.05) is 5.16 Å². The third-order valence-corrected chi connectivity index (χ3v) is 3.97. The maximum absolute atomic E-state index is 5.48. The van der Waals surface area contributed by atoms with Crippen LogP contribution in [0.3, 0.4) is 0 Å². The average molecular weight is 316 g/mol. The Morgan fingerprint density at radius 2 is 2.29 bits per heavy atom. The smallest absolute Gasteiger partial charge is 0.151 e. The van der Waals surface area contributed by atoms with Crippen molar-refractivity contribution in [1.82, 2.24) is 10.1 Å². The first-order valence-electron chi connectivity index (χ1n) is 5.23. The van der Waals surface area contributed by atoms with E-state index in [0.29, 0.717) is 6.54 Å². The van der Waals surface area contributed by atoms with Crippen LogP contribution in [0.5, 0.6) is 0 Å². The summed E-state index contributed by atoms with van der Waals surface area (Å²) in [5, 5.41) is 5.95. The molecule has 0 aromatic carbocycles. The second-order valence-electron chi connectivity index (χ2n) is 3.89. The molecule has 0 spiro atoms. The molecule has 6 heteroatoms. The van der Waals surface area contributed by atoms with Gasteiger partial charge in [0.1, 0.15) is 0 Å². The van der Waals surface area contributed by atoms with Crippen molar-refractivity contribution in [3.63, 3.8) is 0 Å². The van der Waals surface area contributed by atoms with E-state index in [2.05, 4.69) is 44.5 Å². The molecule has 0 amide bonds. The van der Waals surface area contributed by atoms with E-state index in [1.807, 2.05) is 6.07 Å². The van der Waals surface area contributed by atoms with E-state index in [9.17, 15) is 0 Å². The van der Waals surface area contributed by atoms with E-state index >= 15 is 0 Å². The third-order valence-electron chi connectivity index (χ3n) is 2.29. The number of rotatable bonds is 5. The molecule has 2 aromatic rings. The summed E-state index contributed by atoms with van der Waals surface area (Å²) < 4.78 is 6.33. The lowest BCUT2D eigenvalue weighted by Crippen LogP contribution is -2.16. The van der Waals surface area contributed by atoms with Crippen molar-refractivity contribution in [2.45, 2.75) is 19.6 Å². The molecule has 4 nitrogen and oxygen atoms in total. The normalized spacial score (nSPS) is 11.3. The van der Waals surface area contributed by atoms with Gasteiger partial charge in [-0.3, -0.25) is 4.90 Å². The summed E-state index contributed by atoms with van der Waals surface area (Å²) >= 11 is 5.19. The summed E-state index contributed by atoms with van der Waals surface area (Å²) in [6.07, 6.45) is 0. The summed E-state index contributed by atoms with van der Waals surface area (Å²) in [6, 6.07) is 4.04. The Morgan fingerprint density at radius 3 is 2.88 bits per heavy atom. The summed E-state index contributed by atoms with van der Waals surface area (Å²) in [6.45, 7) is 2.06. The maximum atomic E-state index is 5.48. The van der Waals surface area contributed by atoms with Crippen molar-refractivity contribution in [3.8, 4) is 0 Å². The second-order valence-corrected chi connectivity index (χ2v) is 5.80. The van der Waals surface area contributed by atoms with E-state index in [0.717, 1.165) is 29.0 Å². The van der Waals surface area contributed by atoms with Gasteiger partial charge in [-0.2, -0.15) is 0 Å². The quantitative estimate of drug-likeness (QED) is 0.921. The number of nitrogens with two attached hydrogens (primary N) is 1. The Bertz CT molecular complexity index is 483. The highest BCUT2D eigenvalue weighted by Gasteiger charge is 2.08. The minimum Gasteiger partial charge on any atom is -0.360 e. The van der Waals surface area contributed by atoms with Crippen LogP contribution in [0.25, 0.3) is 0 Å². The van der Waals surface area contributed by atoms with Gasteiger partial charge in [0.2, 0.25) is 0 Å². The van der Waals surface area contributed by atoms with E-state index in [1.54, 1.807) is 11.3 Å². The van der Waals surface area contributed by atoms with E-state index in [-0.39, 0.29) is 0 Å². The molecule has 0 unspecified atom stereocenters. The van der Waals surface area contributed by atoms with Gasteiger partial charge in [0, 0.05) is 33.9 Å². The fourth-order valence-electron chi connectivity index (χ4n) is 1.55. The Hall–Kier alpha value is -0.690. The lowest BCUT2D eigenvalue weighted by molar-refractivity contribution is 0.267. The highest BCUT2D eigenvalue weighted by molar-refractivity contribution is 9.10. The first kappa shape index (κ1) is 12.8. The number of aromatic nitrogens is 1. The molecule has 0 aliphatic rings. The molecule has 92 valence electrons. The summed E-state index contributed by atoms with van der Waals surface area (Å²) in [5.74, 6) is 0.851. The molecular weight excluding hydrogens is 302 g/mol. The van der Waals surface area contributed by atoms with Gasteiger partial charge in [0.25, 0.3) is 0 Å². The zero-order valence-corrected chi connectivity index (χ0v) is 11.9. The van der Waals surface area contributed by atoms with E-state index < -0.39 is 0 Å². The minimum atomic E-state index is 0.422. The lowest BCUT2D eigenvalue weighted by Gasteiger charge is -2.12. The zero-order valence-electron chi connectivity index (χ0n) is 9.52. The topological polar surface area (TPSA) is 55.3 Å². The molecular formula is C11H14BrN3OS. The van der Waals surface area contributed by atoms with Crippen LogP contribution >= 0.6 is 27.3 Å². The van der Waals surface area contributed by atoms with Gasteiger partial charge in [-0.05, 0) is 29.0 Å². The van der Waals surface area contributed by atoms with Crippen LogP contribution in [-0.4, -0.2) is 17.1 Å². The first-order valence-corrected chi connectivity index (χ1v) is 6.90. The van der Waals surface area contributed by atoms with Gasteiger partial charge in [0.15, 0.2) is 5.76 Å². The molecule has 0 atom stereocenters. The van der Waals surface area contributed by atoms with Crippen LogP contribution in [0.15, 0.2) is 26.5 Å². The van der Waals surface area contributed by atoms with Crippen molar-refractivity contribution < 1.29 is 4.52 Å². The Morgan fingerprint density at radius 1 is 1.47 bits per heavy atom. The van der Waals surface area contributed by atoms with Crippen molar-refractivity contribution in [2.75, 3.05) is 7.05 Å². The average Bonchev–Trinajstić information content (AvgIpc) is 2.88. The van der Waals surface area contributed by atoms with E-state index in [1.165, 1.54) is 4.88 Å². The molecule has 0 saturated carbocycles. The largest absolute Gasteiger partial charge is 0.360 e. The van der Waals surface area contributed by atoms with Gasteiger partial charge < -0.3 is 10.3 Å². The van der Waals surface area contributed by atoms with Crippen LogP contribution in [0.1, 0.15) is 16.3 Å². The lowest BCUT2D eigenvalue weighted by atomic mass is 10.3. The second kappa shape index (κ2) is 5.77. The number of hydrogen-bond acceptors (Lipinski definition) is 5. The van der Waals surface area contributed by atoms with Crippen molar-refractivity contribution in [1.29, 1.82) is 0 Å². The molecule has 0 bridgehead atoms. The molecule has 17 heavy (non-hydrogen) atoms. The van der Waals surface area contributed by atoms with Crippen LogP contribution < -0.4 is 5.73 Å². The molecule has 2 N–H and O–H groups in total. The summed E-state index contributed by atoms with van der Waals surface area (Å²) in [7, 11) is 2.05. The Kier molecular flexibility index (Phi) is 4.33. The standard InChI is InChI=1S/C11H14BrN3OS/c1-15(6-11-2-8(12)7-17-11)5-10-3-9(4-13)14-16-10/h2-3,7H,4-6,13H2,1H3. The highest BCUT2D eigenvalue weighted by Crippen LogP contribution is 2.21. The molecule has 0 radical (unpaired) electrons. The van der Waals surface area contributed by atoms with E-state index in [4.69, 9.17) is 10.3 Å². The summed E-state index contributed by atoms with van der Waals surface area (Å²) in [5.41, 5.74) is 6.28. The fourth-order valence-corrected chi connectivity index (χ4v) is 3.08. The fraction of sp³-hybridized carbons (Fsp3) is 0.364. The molecule has 0 aliphatic heterocycles. The number of hydrogen-bond donors (Lipinski definition) is 1. The molecule has 2 aromatic heterocycles. The molecule has 0 saturated heterocycles. The third kappa shape index (κ3) is 3.64. The van der Waals surface area contributed by atoms with Gasteiger partial charge in [-0.15, -0.1) is 11.3 Å². The van der Waals surface area contributed by atoms with Gasteiger partial charge in [0.05, 0.1) is 12.2 Å². The predicted octanol–water partition coefficient (Wildman–Crippen LogP) is 2.59. The Balaban J connectivity index is 1.90. The highest BCUT2D eigenvalue weighted by atomic mass is 79.9. The number of nitrogens with zero attached hydrogens (tertiary/aromatic N) is 2.